The molecule has 1 atom stereocenters. The third kappa shape index (κ3) is 4.32. The highest BCUT2D eigenvalue weighted by Gasteiger charge is 2.16. The molecule has 0 bridgehead atoms. The van der Waals surface area contributed by atoms with Gasteiger partial charge in [-0.25, -0.2) is 4.98 Å². The lowest BCUT2D eigenvalue weighted by Gasteiger charge is -2.32. The third-order valence-electron chi connectivity index (χ3n) is 4.02. The van der Waals surface area contributed by atoms with Gasteiger partial charge in [0.15, 0.2) is 0 Å². The standard InChI is InChI=1S/C15H28N4/c1-3-7-19-13-17-12-15(19)11-16-10-14(2)18-8-5-4-6-9-18/h12-14,16H,3-11H2,1-2H3. The lowest BCUT2D eigenvalue weighted by atomic mass is 10.1. The second kappa shape index (κ2) is 7.65. The van der Waals surface area contributed by atoms with Crippen molar-refractivity contribution in [2.75, 3.05) is 19.6 Å². The second-order valence-corrected chi connectivity index (χ2v) is 5.65. The second-order valence-electron chi connectivity index (χ2n) is 5.65. The minimum absolute atomic E-state index is 0.642. The number of rotatable bonds is 7. The molecule has 1 N–H and O–H groups in total. The average Bonchev–Trinajstić information content (AvgIpc) is 2.88. The van der Waals surface area contributed by atoms with Gasteiger partial charge in [0.05, 0.1) is 12.0 Å². The zero-order valence-electron chi connectivity index (χ0n) is 12.4. The Labute approximate surface area is 117 Å². The Morgan fingerprint density at radius 3 is 2.84 bits per heavy atom. The molecule has 1 aliphatic rings. The third-order valence-corrected chi connectivity index (χ3v) is 4.02. The molecule has 0 aromatic carbocycles. The van der Waals surface area contributed by atoms with Gasteiger partial charge in [-0.15, -0.1) is 0 Å². The maximum absolute atomic E-state index is 4.24. The van der Waals surface area contributed by atoms with Crippen LogP contribution in [0.2, 0.25) is 0 Å². The zero-order valence-corrected chi connectivity index (χ0v) is 12.4. The molecule has 0 saturated carbocycles. The molecule has 1 saturated heterocycles. The van der Waals surface area contributed by atoms with Crippen molar-refractivity contribution in [1.82, 2.24) is 19.8 Å². The fourth-order valence-corrected chi connectivity index (χ4v) is 2.83. The van der Waals surface area contributed by atoms with Crippen molar-refractivity contribution < 1.29 is 0 Å². The predicted molar refractivity (Wildman–Crippen MR) is 79.1 cm³/mol. The molecule has 0 aliphatic carbocycles. The summed E-state index contributed by atoms with van der Waals surface area (Å²) in [5.41, 5.74) is 1.30. The fourth-order valence-electron chi connectivity index (χ4n) is 2.83. The van der Waals surface area contributed by atoms with Crippen LogP contribution in [-0.2, 0) is 13.1 Å². The van der Waals surface area contributed by atoms with E-state index >= 15 is 0 Å². The molecule has 0 radical (unpaired) electrons. The first-order valence-corrected chi connectivity index (χ1v) is 7.75. The van der Waals surface area contributed by atoms with Gasteiger partial charge in [0, 0.05) is 31.9 Å². The van der Waals surface area contributed by atoms with Crippen molar-refractivity contribution in [2.45, 2.75) is 58.7 Å². The van der Waals surface area contributed by atoms with E-state index in [-0.39, 0.29) is 0 Å². The van der Waals surface area contributed by atoms with E-state index in [1.165, 1.54) is 38.0 Å². The van der Waals surface area contributed by atoms with Gasteiger partial charge in [-0.05, 0) is 39.3 Å². The number of aromatic nitrogens is 2. The van der Waals surface area contributed by atoms with Crippen LogP contribution in [-0.4, -0.2) is 40.1 Å². The van der Waals surface area contributed by atoms with Gasteiger partial charge in [-0.1, -0.05) is 13.3 Å². The van der Waals surface area contributed by atoms with E-state index in [2.05, 4.69) is 33.6 Å². The molecule has 4 heteroatoms. The Morgan fingerprint density at radius 2 is 2.11 bits per heavy atom. The lowest BCUT2D eigenvalue weighted by Crippen LogP contribution is -2.43. The first kappa shape index (κ1) is 14.5. The highest BCUT2D eigenvalue weighted by Crippen LogP contribution is 2.11. The quantitative estimate of drug-likeness (QED) is 0.820. The molecule has 1 aromatic rings. The summed E-state index contributed by atoms with van der Waals surface area (Å²) in [4.78, 5) is 6.85. The topological polar surface area (TPSA) is 33.1 Å². The monoisotopic (exact) mass is 264 g/mol. The minimum atomic E-state index is 0.642. The van der Waals surface area contributed by atoms with E-state index in [4.69, 9.17) is 0 Å². The van der Waals surface area contributed by atoms with Crippen LogP contribution in [0.4, 0.5) is 0 Å². The van der Waals surface area contributed by atoms with Gasteiger partial charge in [0.25, 0.3) is 0 Å². The summed E-state index contributed by atoms with van der Waals surface area (Å²) in [7, 11) is 0. The molecule has 1 aliphatic heterocycles. The van der Waals surface area contributed by atoms with Crippen LogP contribution >= 0.6 is 0 Å². The molecule has 1 unspecified atom stereocenters. The number of piperidine rings is 1. The Kier molecular flexibility index (Phi) is 5.86. The zero-order chi connectivity index (χ0) is 13.5. The summed E-state index contributed by atoms with van der Waals surface area (Å²) in [6, 6.07) is 0.642. The molecule has 2 rings (SSSR count). The number of hydrogen-bond acceptors (Lipinski definition) is 3. The maximum atomic E-state index is 4.24. The van der Waals surface area contributed by atoms with Gasteiger partial charge >= 0.3 is 0 Å². The van der Waals surface area contributed by atoms with E-state index in [9.17, 15) is 0 Å². The summed E-state index contributed by atoms with van der Waals surface area (Å²) in [5, 5.41) is 3.58. The van der Waals surface area contributed by atoms with Crippen molar-refractivity contribution >= 4 is 0 Å². The maximum Gasteiger partial charge on any atom is 0.0948 e. The van der Waals surface area contributed by atoms with E-state index < -0.39 is 0 Å². The molecule has 1 fully saturated rings. The number of likely N-dealkylation sites (tertiary alicyclic amines) is 1. The van der Waals surface area contributed by atoms with Crippen LogP contribution in [0.15, 0.2) is 12.5 Å². The number of nitrogens with zero attached hydrogens (tertiary/aromatic N) is 3. The van der Waals surface area contributed by atoms with Gasteiger partial charge in [-0.3, -0.25) is 4.90 Å². The van der Waals surface area contributed by atoms with Crippen LogP contribution in [0.25, 0.3) is 0 Å². The van der Waals surface area contributed by atoms with Crippen LogP contribution in [0.1, 0.15) is 45.2 Å². The number of aryl methyl sites for hydroxylation is 1. The van der Waals surface area contributed by atoms with Crippen molar-refractivity contribution in [3.8, 4) is 0 Å². The van der Waals surface area contributed by atoms with Gasteiger partial charge in [0.2, 0.25) is 0 Å². The van der Waals surface area contributed by atoms with E-state index in [0.29, 0.717) is 6.04 Å². The predicted octanol–water partition coefficient (Wildman–Crippen LogP) is 2.26. The van der Waals surface area contributed by atoms with Crippen molar-refractivity contribution in [3.05, 3.63) is 18.2 Å². The lowest BCUT2D eigenvalue weighted by molar-refractivity contribution is 0.170. The van der Waals surface area contributed by atoms with Crippen LogP contribution < -0.4 is 5.32 Å². The molecule has 4 nitrogen and oxygen atoms in total. The Balaban J connectivity index is 1.71. The first-order chi connectivity index (χ1) is 9.31. The Morgan fingerprint density at radius 1 is 1.32 bits per heavy atom. The number of nitrogens with one attached hydrogen (secondary N) is 1. The SMILES string of the molecule is CCCn1cncc1CNCC(C)N1CCCCC1. The van der Waals surface area contributed by atoms with E-state index in [0.717, 1.165) is 26.1 Å². The van der Waals surface area contributed by atoms with Gasteiger partial charge in [0.1, 0.15) is 0 Å². The summed E-state index contributed by atoms with van der Waals surface area (Å²) in [5.74, 6) is 0. The Hall–Kier alpha value is -0.870. The number of imidazole rings is 1. The summed E-state index contributed by atoms with van der Waals surface area (Å²) >= 11 is 0. The highest BCUT2D eigenvalue weighted by atomic mass is 15.2. The molecule has 108 valence electrons. The van der Waals surface area contributed by atoms with E-state index in [1.807, 2.05) is 12.5 Å². The fraction of sp³-hybridized carbons (Fsp3) is 0.800. The normalized spacial score (nSPS) is 18.6. The van der Waals surface area contributed by atoms with Crippen LogP contribution in [0, 0.1) is 0 Å². The van der Waals surface area contributed by atoms with Crippen LogP contribution in [0.3, 0.4) is 0 Å². The van der Waals surface area contributed by atoms with Gasteiger partial charge < -0.3 is 9.88 Å². The summed E-state index contributed by atoms with van der Waals surface area (Å²) in [6.07, 6.45) is 9.23. The van der Waals surface area contributed by atoms with E-state index in [1.54, 1.807) is 0 Å². The highest BCUT2D eigenvalue weighted by molar-refractivity contribution is 4.97. The molecular weight excluding hydrogens is 236 g/mol. The molecule has 19 heavy (non-hydrogen) atoms. The van der Waals surface area contributed by atoms with Gasteiger partial charge in [-0.2, -0.15) is 0 Å². The molecule has 0 amide bonds. The summed E-state index contributed by atoms with van der Waals surface area (Å²) < 4.78 is 2.25. The first-order valence-electron chi connectivity index (χ1n) is 7.75. The molecule has 2 heterocycles. The van der Waals surface area contributed by atoms with Crippen molar-refractivity contribution in [2.24, 2.45) is 0 Å². The molecule has 1 aromatic heterocycles. The Bertz CT molecular complexity index is 355. The minimum Gasteiger partial charge on any atom is -0.333 e. The average molecular weight is 264 g/mol. The van der Waals surface area contributed by atoms with Crippen LogP contribution in [0.5, 0.6) is 0 Å². The molecular formula is C15H28N4. The molecule has 0 spiro atoms. The number of hydrogen-bond donors (Lipinski definition) is 1. The largest absolute Gasteiger partial charge is 0.333 e. The smallest absolute Gasteiger partial charge is 0.0948 e. The van der Waals surface area contributed by atoms with Crippen molar-refractivity contribution in [1.29, 1.82) is 0 Å². The summed E-state index contributed by atoms with van der Waals surface area (Å²) in [6.45, 7) is 10.2. The van der Waals surface area contributed by atoms with Crippen molar-refractivity contribution in [3.63, 3.8) is 0 Å².